The third-order valence-corrected chi connectivity index (χ3v) is 4.23. The van der Waals surface area contributed by atoms with E-state index in [1.807, 2.05) is 55.6 Å². The number of rotatable bonds is 6. The van der Waals surface area contributed by atoms with Crippen molar-refractivity contribution in [2.45, 2.75) is 12.3 Å². The SMILES string of the molecule is CN(Cc1ccccc1)C(=O)CSCc1cccc(C#N)c1. The fourth-order valence-electron chi connectivity index (χ4n) is 2.04. The molecule has 0 aliphatic rings. The highest BCUT2D eigenvalue weighted by Gasteiger charge is 2.09. The van der Waals surface area contributed by atoms with Gasteiger partial charge in [-0.15, -0.1) is 11.8 Å². The van der Waals surface area contributed by atoms with Crippen molar-refractivity contribution in [3.63, 3.8) is 0 Å². The molecule has 0 aliphatic heterocycles. The van der Waals surface area contributed by atoms with Crippen LogP contribution in [0.15, 0.2) is 54.6 Å². The second-order valence-corrected chi connectivity index (χ2v) is 6.03. The van der Waals surface area contributed by atoms with Gasteiger partial charge in [0.25, 0.3) is 0 Å². The predicted molar refractivity (Wildman–Crippen MR) is 90.2 cm³/mol. The van der Waals surface area contributed by atoms with Gasteiger partial charge in [0.05, 0.1) is 17.4 Å². The van der Waals surface area contributed by atoms with Crippen LogP contribution in [0.1, 0.15) is 16.7 Å². The molecule has 0 atom stereocenters. The lowest BCUT2D eigenvalue weighted by Crippen LogP contribution is -2.27. The molecule has 2 aromatic rings. The lowest BCUT2D eigenvalue weighted by Gasteiger charge is -2.17. The van der Waals surface area contributed by atoms with Crippen LogP contribution in [-0.4, -0.2) is 23.6 Å². The Hall–Kier alpha value is -2.25. The molecular formula is C18H18N2OS. The quantitative estimate of drug-likeness (QED) is 0.821. The first kappa shape index (κ1) is 16.1. The highest BCUT2D eigenvalue weighted by atomic mass is 32.2. The number of carbonyl (C=O) groups excluding carboxylic acids is 1. The van der Waals surface area contributed by atoms with Crippen LogP contribution in [0, 0.1) is 11.3 Å². The Balaban J connectivity index is 1.78. The minimum Gasteiger partial charge on any atom is -0.341 e. The van der Waals surface area contributed by atoms with Crippen LogP contribution >= 0.6 is 11.8 Å². The summed E-state index contributed by atoms with van der Waals surface area (Å²) in [6, 6.07) is 19.6. The molecule has 0 fully saturated rings. The van der Waals surface area contributed by atoms with Crippen LogP contribution in [0.25, 0.3) is 0 Å². The van der Waals surface area contributed by atoms with E-state index in [9.17, 15) is 4.79 Å². The predicted octanol–water partition coefficient (Wildman–Crippen LogP) is 3.45. The van der Waals surface area contributed by atoms with Gasteiger partial charge in [-0.2, -0.15) is 5.26 Å². The molecule has 4 heteroatoms. The Morgan fingerprint density at radius 1 is 1.14 bits per heavy atom. The summed E-state index contributed by atoms with van der Waals surface area (Å²) >= 11 is 1.57. The van der Waals surface area contributed by atoms with Crippen LogP contribution in [0.3, 0.4) is 0 Å². The average molecular weight is 310 g/mol. The molecule has 0 radical (unpaired) electrons. The van der Waals surface area contributed by atoms with Crippen LogP contribution in [0.4, 0.5) is 0 Å². The Bertz CT molecular complexity index is 664. The summed E-state index contributed by atoms with van der Waals surface area (Å²) in [4.78, 5) is 13.9. The van der Waals surface area contributed by atoms with Gasteiger partial charge in [0.2, 0.25) is 5.91 Å². The van der Waals surface area contributed by atoms with Crippen molar-refractivity contribution in [2.24, 2.45) is 0 Å². The molecule has 0 aromatic heterocycles. The lowest BCUT2D eigenvalue weighted by molar-refractivity contribution is -0.127. The standard InChI is InChI=1S/C18H18N2OS/c1-20(12-15-6-3-2-4-7-15)18(21)14-22-13-17-9-5-8-16(10-17)11-19/h2-10H,12-14H2,1H3. The minimum atomic E-state index is 0.116. The van der Waals surface area contributed by atoms with Crippen molar-refractivity contribution in [3.8, 4) is 6.07 Å². The first-order valence-electron chi connectivity index (χ1n) is 7.03. The summed E-state index contributed by atoms with van der Waals surface area (Å²) in [6.45, 7) is 0.629. The molecule has 2 rings (SSSR count). The molecule has 0 spiro atoms. The van der Waals surface area contributed by atoms with Gasteiger partial charge in [0.1, 0.15) is 0 Å². The maximum Gasteiger partial charge on any atom is 0.232 e. The maximum absolute atomic E-state index is 12.1. The maximum atomic E-state index is 12.1. The summed E-state index contributed by atoms with van der Waals surface area (Å²) in [5.41, 5.74) is 2.86. The Morgan fingerprint density at radius 3 is 2.59 bits per heavy atom. The number of nitriles is 1. The molecule has 3 nitrogen and oxygen atoms in total. The van der Waals surface area contributed by atoms with E-state index in [-0.39, 0.29) is 5.91 Å². The fourth-order valence-corrected chi connectivity index (χ4v) is 2.95. The van der Waals surface area contributed by atoms with Crippen molar-refractivity contribution in [2.75, 3.05) is 12.8 Å². The van der Waals surface area contributed by atoms with E-state index in [1.165, 1.54) is 0 Å². The third-order valence-electron chi connectivity index (χ3n) is 3.24. The van der Waals surface area contributed by atoms with Crippen LogP contribution in [-0.2, 0) is 17.1 Å². The number of benzene rings is 2. The van der Waals surface area contributed by atoms with E-state index in [2.05, 4.69) is 6.07 Å². The van der Waals surface area contributed by atoms with Crippen molar-refractivity contribution >= 4 is 17.7 Å². The molecule has 0 saturated heterocycles. The van der Waals surface area contributed by atoms with Crippen molar-refractivity contribution < 1.29 is 4.79 Å². The van der Waals surface area contributed by atoms with Crippen molar-refractivity contribution in [1.82, 2.24) is 4.90 Å². The van der Waals surface area contributed by atoms with E-state index in [4.69, 9.17) is 5.26 Å². The van der Waals surface area contributed by atoms with Crippen molar-refractivity contribution in [3.05, 3.63) is 71.3 Å². The van der Waals surface area contributed by atoms with Crippen LogP contribution in [0.2, 0.25) is 0 Å². The monoisotopic (exact) mass is 310 g/mol. The summed E-state index contributed by atoms with van der Waals surface area (Å²) in [7, 11) is 1.83. The third kappa shape index (κ3) is 4.94. The molecular weight excluding hydrogens is 292 g/mol. The van der Waals surface area contributed by atoms with E-state index < -0.39 is 0 Å². The van der Waals surface area contributed by atoms with E-state index >= 15 is 0 Å². The van der Waals surface area contributed by atoms with Crippen LogP contribution in [0.5, 0.6) is 0 Å². The van der Waals surface area contributed by atoms with E-state index in [0.717, 1.165) is 16.9 Å². The second-order valence-electron chi connectivity index (χ2n) is 5.04. The zero-order valence-electron chi connectivity index (χ0n) is 12.5. The first-order chi connectivity index (χ1) is 10.7. The molecule has 0 unspecified atom stereocenters. The topological polar surface area (TPSA) is 44.1 Å². The zero-order chi connectivity index (χ0) is 15.8. The molecule has 0 heterocycles. The molecule has 0 aliphatic carbocycles. The number of carbonyl (C=O) groups is 1. The summed E-state index contributed by atoms with van der Waals surface area (Å²) < 4.78 is 0. The number of nitrogens with zero attached hydrogens (tertiary/aromatic N) is 2. The van der Waals surface area contributed by atoms with Gasteiger partial charge < -0.3 is 4.90 Å². The highest BCUT2D eigenvalue weighted by Crippen LogP contribution is 2.14. The molecule has 0 saturated carbocycles. The molecule has 0 bridgehead atoms. The summed E-state index contributed by atoms with van der Waals surface area (Å²) in [5, 5.41) is 8.87. The normalized spacial score (nSPS) is 10.0. The Labute approximate surface area is 135 Å². The average Bonchev–Trinajstić information content (AvgIpc) is 2.56. The van der Waals surface area contributed by atoms with Crippen LogP contribution < -0.4 is 0 Å². The van der Waals surface area contributed by atoms with E-state index in [1.54, 1.807) is 22.7 Å². The Kier molecular flexibility index (Phi) is 6.05. The minimum absolute atomic E-state index is 0.116. The zero-order valence-corrected chi connectivity index (χ0v) is 13.3. The highest BCUT2D eigenvalue weighted by molar-refractivity contribution is 7.99. The molecule has 22 heavy (non-hydrogen) atoms. The largest absolute Gasteiger partial charge is 0.341 e. The number of hydrogen-bond donors (Lipinski definition) is 0. The molecule has 1 amide bonds. The second kappa shape index (κ2) is 8.26. The smallest absolute Gasteiger partial charge is 0.232 e. The number of thioether (sulfide) groups is 1. The fraction of sp³-hybridized carbons (Fsp3) is 0.222. The van der Waals surface area contributed by atoms with Crippen molar-refractivity contribution in [1.29, 1.82) is 5.26 Å². The van der Waals surface area contributed by atoms with E-state index in [0.29, 0.717) is 17.9 Å². The van der Waals surface area contributed by atoms with Gasteiger partial charge in [-0.25, -0.2) is 0 Å². The molecule has 0 N–H and O–H groups in total. The van der Waals surface area contributed by atoms with Gasteiger partial charge in [0.15, 0.2) is 0 Å². The molecule has 2 aromatic carbocycles. The van der Waals surface area contributed by atoms with Gasteiger partial charge in [-0.05, 0) is 23.3 Å². The first-order valence-corrected chi connectivity index (χ1v) is 8.19. The summed E-state index contributed by atoms with van der Waals surface area (Å²) in [5.74, 6) is 1.30. The van der Waals surface area contributed by atoms with Gasteiger partial charge in [-0.3, -0.25) is 4.79 Å². The lowest BCUT2D eigenvalue weighted by atomic mass is 10.2. The Morgan fingerprint density at radius 2 is 1.86 bits per heavy atom. The molecule has 112 valence electrons. The van der Waals surface area contributed by atoms with Gasteiger partial charge in [-0.1, -0.05) is 42.5 Å². The summed E-state index contributed by atoms with van der Waals surface area (Å²) in [6.07, 6.45) is 0. The van der Waals surface area contributed by atoms with Gasteiger partial charge >= 0.3 is 0 Å². The number of amides is 1. The van der Waals surface area contributed by atoms with Gasteiger partial charge in [0, 0.05) is 19.3 Å². The number of hydrogen-bond acceptors (Lipinski definition) is 3.